The standard InChI is InChI=1S/C12H21N3O2/c16-11(9-15-8-1-3-12(15)17)14-7-2-6-13-10-4-5-10/h10,13H,1-9H2,(H,14,16). The fraction of sp³-hybridized carbons (Fsp3) is 0.833. The van der Waals surface area contributed by atoms with Gasteiger partial charge in [0, 0.05) is 25.6 Å². The second kappa shape index (κ2) is 6.00. The van der Waals surface area contributed by atoms with Crippen molar-refractivity contribution in [2.24, 2.45) is 0 Å². The molecule has 0 atom stereocenters. The Morgan fingerprint density at radius 1 is 1.35 bits per heavy atom. The number of hydrogen-bond acceptors (Lipinski definition) is 3. The zero-order valence-electron chi connectivity index (χ0n) is 10.2. The van der Waals surface area contributed by atoms with E-state index in [1.165, 1.54) is 12.8 Å². The van der Waals surface area contributed by atoms with E-state index in [0.717, 1.165) is 32.0 Å². The van der Waals surface area contributed by atoms with Crippen molar-refractivity contribution in [3.05, 3.63) is 0 Å². The normalized spacial score (nSPS) is 19.8. The van der Waals surface area contributed by atoms with Gasteiger partial charge in [-0.15, -0.1) is 0 Å². The van der Waals surface area contributed by atoms with Crippen molar-refractivity contribution in [1.29, 1.82) is 0 Å². The lowest BCUT2D eigenvalue weighted by molar-refractivity contribution is -0.133. The third kappa shape index (κ3) is 4.34. The number of likely N-dealkylation sites (tertiary alicyclic amines) is 1. The molecule has 0 aromatic heterocycles. The molecule has 1 heterocycles. The first-order chi connectivity index (χ1) is 8.25. The molecule has 0 radical (unpaired) electrons. The summed E-state index contributed by atoms with van der Waals surface area (Å²) in [5.41, 5.74) is 0. The van der Waals surface area contributed by atoms with Crippen molar-refractivity contribution < 1.29 is 9.59 Å². The van der Waals surface area contributed by atoms with Crippen LogP contribution in [0.2, 0.25) is 0 Å². The van der Waals surface area contributed by atoms with Gasteiger partial charge < -0.3 is 15.5 Å². The van der Waals surface area contributed by atoms with E-state index in [1.807, 2.05) is 0 Å². The highest BCUT2D eigenvalue weighted by atomic mass is 16.2. The smallest absolute Gasteiger partial charge is 0.239 e. The summed E-state index contributed by atoms with van der Waals surface area (Å²) in [5, 5.41) is 6.25. The molecule has 2 amide bonds. The maximum absolute atomic E-state index is 11.5. The highest BCUT2D eigenvalue weighted by Crippen LogP contribution is 2.18. The van der Waals surface area contributed by atoms with E-state index in [2.05, 4.69) is 10.6 Å². The van der Waals surface area contributed by atoms with Gasteiger partial charge in [0.25, 0.3) is 0 Å². The van der Waals surface area contributed by atoms with Crippen LogP contribution in [0.1, 0.15) is 32.1 Å². The molecule has 2 fully saturated rings. The van der Waals surface area contributed by atoms with E-state index >= 15 is 0 Å². The monoisotopic (exact) mass is 239 g/mol. The Kier molecular flexibility index (Phi) is 4.36. The van der Waals surface area contributed by atoms with Gasteiger partial charge in [-0.25, -0.2) is 0 Å². The molecular formula is C12H21N3O2. The van der Waals surface area contributed by atoms with Crippen LogP contribution >= 0.6 is 0 Å². The highest BCUT2D eigenvalue weighted by molar-refractivity contribution is 5.85. The van der Waals surface area contributed by atoms with Gasteiger partial charge in [-0.05, 0) is 32.2 Å². The number of carbonyl (C=O) groups is 2. The predicted octanol–water partition coefficient (Wildman–Crippen LogP) is -0.133. The first kappa shape index (κ1) is 12.4. The van der Waals surface area contributed by atoms with Gasteiger partial charge in [0.1, 0.15) is 0 Å². The van der Waals surface area contributed by atoms with E-state index < -0.39 is 0 Å². The van der Waals surface area contributed by atoms with Gasteiger partial charge in [0.05, 0.1) is 6.54 Å². The molecule has 0 aromatic carbocycles. The van der Waals surface area contributed by atoms with Crippen LogP contribution < -0.4 is 10.6 Å². The molecule has 0 bridgehead atoms. The van der Waals surface area contributed by atoms with Gasteiger partial charge in [0.15, 0.2) is 0 Å². The molecular weight excluding hydrogens is 218 g/mol. The summed E-state index contributed by atoms with van der Waals surface area (Å²) in [7, 11) is 0. The van der Waals surface area contributed by atoms with Crippen LogP contribution in [0.15, 0.2) is 0 Å². The summed E-state index contributed by atoms with van der Waals surface area (Å²) in [5.74, 6) is 0.0715. The number of amides is 2. The number of nitrogens with zero attached hydrogens (tertiary/aromatic N) is 1. The largest absolute Gasteiger partial charge is 0.355 e. The molecule has 2 rings (SSSR count). The van der Waals surface area contributed by atoms with Crippen molar-refractivity contribution in [3.8, 4) is 0 Å². The molecule has 0 spiro atoms. The number of hydrogen-bond donors (Lipinski definition) is 2. The lowest BCUT2D eigenvalue weighted by Crippen LogP contribution is -2.38. The molecule has 96 valence electrons. The van der Waals surface area contributed by atoms with Crippen molar-refractivity contribution >= 4 is 11.8 Å². The Balaban J connectivity index is 1.49. The topological polar surface area (TPSA) is 61.4 Å². The zero-order chi connectivity index (χ0) is 12.1. The maximum Gasteiger partial charge on any atom is 0.239 e. The molecule has 17 heavy (non-hydrogen) atoms. The predicted molar refractivity (Wildman–Crippen MR) is 64.5 cm³/mol. The summed E-state index contributed by atoms with van der Waals surface area (Å²) in [6.07, 6.45) is 5.03. The van der Waals surface area contributed by atoms with E-state index in [4.69, 9.17) is 0 Å². The SMILES string of the molecule is O=C(CN1CCCC1=O)NCCCNC1CC1. The minimum absolute atomic E-state index is 0.0355. The molecule has 2 N–H and O–H groups in total. The van der Waals surface area contributed by atoms with Crippen LogP contribution in [-0.2, 0) is 9.59 Å². The van der Waals surface area contributed by atoms with Crippen molar-refractivity contribution in [3.63, 3.8) is 0 Å². The van der Waals surface area contributed by atoms with Gasteiger partial charge >= 0.3 is 0 Å². The third-order valence-corrected chi connectivity index (χ3v) is 3.19. The second-order valence-electron chi connectivity index (χ2n) is 4.85. The van der Waals surface area contributed by atoms with Crippen LogP contribution in [-0.4, -0.2) is 48.9 Å². The second-order valence-corrected chi connectivity index (χ2v) is 4.85. The summed E-state index contributed by atoms with van der Waals surface area (Å²) < 4.78 is 0. The Hall–Kier alpha value is -1.10. The molecule has 0 unspecified atom stereocenters. The Morgan fingerprint density at radius 2 is 2.18 bits per heavy atom. The fourth-order valence-corrected chi connectivity index (χ4v) is 2.01. The van der Waals surface area contributed by atoms with E-state index in [9.17, 15) is 9.59 Å². The van der Waals surface area contributed by atoms with Crippen molar-refractivity contribution in [1.82, 2.24) is 15.5 Å². The quantitative estimate of drug-likeness (QED) is 0.608. The molecule has 5 heteroatoms. The van der Waals surface area contributed by atoms with E-state index in [-0.39, 0.29) is 18.4 Å². The number of nitrogens with one attached hydrogen (secondary N) is 2. The molecule has 2 aliphatic rings. The van der Waals surface area contributed by atoms with Crippen LogP contribution in [0.5, 0.6) is 0 Å². The van der Waals surface area contributed by atoms with E-state index in [0.29, 0.717) is 13.0 Å². The number of rotatable bonds is 7. The first-order valence-electron chi connectivity index (χ1n) is 6.53. The Labute approximate surface area is 102 Å². The summed E-state index contributed by atoms with van der Waals surface area (Å²) in [6, 6.07) is 0.730. The average Bonchev–Trinajstić information content (AvgIpc) is 3.04. The van der Waals surface area contributed by atoms with Gasteiger partial charge in [-0.3, -0.25) is 9.59 Å². The van der Waals surface area contributed by atoms with Gasteiger partial charge in [-0.1, -0.05) is 0 Å². The minimum atomic E-state index is -0.0355. The van der Waals surface area contributed by atoms with Crippen LogP contribution in [0.3, 0.4) is 0 Å². The van der Waals surface area contributed by atoms with Crippen molar-refractivity contribution in [2.45, 2.75) is 38.1 Å². The summed E-state index contributed by atoms with van der Waals surface area (Å²) in [4.78, 5) is 24.5. The fourth-order valence-electron chi connectivity index (χ4n) is 2.01. The lowest BCUT2D eigenvalue weighted by Gasteiger charge is -2.14. The van der Waals surface area contributed by atoms with E-state index in [1.54, 1.807) is 4.90 Å². The summed E-state index contributed by atoms with van der Waals surface area (Å²) >= 11 is 0. The molecule has 5 nitrogen and oxygen atoms in total. The molecule has 1 saturated heterocycles. The van der Waals surface area contributed by atoms with Crippen LogP contribution in [0, 0.1) is 0 Å². The molecule has 1 aliphatic carbocycles. The van der Waals surface area contributed by atoms with Crippen molar-refractivity contribution in [2.75, 3.05) is 26.2 Å². The first-order valence-corrected chi connectivity index (χ1v) is 6.53. The maximum atomic E-state index is 11.5. The zero-order valence-corrected chi connectivity index (χ0v) is 10.2. The Morgan fingerprint density at radius 3 is 2.82 bits per heavy atom. The van der Waals surface area contributed by atoms with Gasteiger partial charge in [0.2, 0.25) is 11.8 Å². The number of carbonyl (C=O) groups excluding carboxylic acids is 2. The molecule has 0 aromatic rings. The Bertz CT molecular complexity index is 289. The highest BCUT2D eigenvalue weighted by Gasteiger charge is 2.22. The average molecular weight is 239 g/mol. The van der Waals surface area contributed by atoms with Crippen LogP contribution in [0.25, 0.3) is 0 Å². The molecule has 1 saturated carbocycles. The summed E-state index contributed by atoms with van der Waals surface area (Å²) in [6.45, 7) is 2.62. The molecule has 1 aliphatic heterocycles. The third-order valence-electron chi connectivity index (χ3n) is 3.19. The minimum Gasteiger partial charge on any atom is -0.355 e. The van der Waals surface area contributed by atoms with Gasteiger partial charge in [-0.2, -0.15) is 0 Å². The lowest BCUT2D eigenvalue weighted by atomic mass is 10.4. The van der Waals surface area contributed by atoms with Crippen LogP contribution in [0.4, 0.5) is 0 Å².